The Bertz CT molecular complexity index is 299. The molecule has 0 spiro atoms. The van der Waals surface area contributed by atoms with Gasteiger partial charge in [-0.05, 0) is 56.8 Å². The van der Waals surface area contributed by atoms with Crippen LogP contribution in [0.3, 0.4) is 0 Å². The fourth-order valence-electron chi connectivity index (χ4n) is 0.853. The summed E-state index contributed by atoms with van der Waals surface area (Å²) in [5.74, 6) is 0.834. The zero-order valence-electron chi connectivity index (χ0n) is 6.26. The Morgan fingerprint density at radius 2 is 2.08 bits per heavy atom. The molecule has 2 nitrogen and oxygen atoms in total. The lowest BCUT2D eigenvalue weighted by atomic mass is 10.5. The molecule has 1 fully saturated rings. The van der Waals surface area contributed by atoms with Gasteiger partial charge in [0.05, 0.1) is 6.10 Å². The summed E-state index contributed by atoms with van der Waals surface area (Å²) in [6.07, 6.45) is 2.76. The normalized spacial score (nSPS) is 16.2. The summed E-state index contributed by atoms with van der Waals surface area (Å²) >= 11 is 6.62. The number of halogens is 2. The van der Waals surface area contributed by atoms with Gasteiger partial charge in [-0.15, -0.1) is 0 Å². The van der Waals surface area contributed by atoms with Gasteiger partial charge in [-0.25, -0.2) is 4.98 Å². The highest BCUT2D eigenvalue weighted by Gasteiger charge is 2.24. The first kappa shape index (κ1) is 8.51. The minimum Gasteiger partial charge on any atom is -0.488 e. The molecule has 1 saturated carbocycles. The molecule has 1 aliphatic carbocycles. The number of ether oxygens (including phenoxy) is 1. The molecule has 0 aliphatic heterocycles. The highest BCUT2D eigenvalue weighted by Crippen LogP contribution is 2.31. The molecule has 1 heterocycles. The molecule has 0 radical (unpaired) electrons. The van der Waals surface area contributed by atoms with Crippen molar-refractivity contribution < 1.29 is 4.74 Å². The van der Waals surface area contributed by atoms with Gasteiger partial charge in [0.15, 0.2) is 5.75 Å². The van der Waals surface area contributed by atoms with Crippen molar-refractivity contribution >= 4 is 31.9 Å². The second kappa shape index (κ2) is 3.34. The first-order valence-corrected chi connectivity index (χ1v) is 5.33. The van der Waals surface area contributed by atoms with E-state index in [2.05, 4.69) is 36.8 Å². The monoisotopic (exact) mass is 291 g/mol. The molecule has 0 saturated heterocycles. The van der Waals surface area contributed by atoms with Crippen LogP contribution in [0.2, 0.25) is 0 Å². The van der Waals surface area contributed by atoms with Crippen LogP contribution in [0.15, 0.2) is 21.3 Å². The minimum absolute atomic E-state index is 0.421. The van der Waals surface area contributed by atoms with Gasteiger partial charge >= 0.3 is 0 Å². The van der Waals surface area contributed by atoms with Crippen LogP contribution in [0.5, 0.6) is 5.75 Å². The van der Waals surface area contributed by atoms with E-state index in [1.165, 1.54) is 12.8 Å². The predicted octanol–water partition coefficient (Wildman–Crippen LogP) is 3.15. The SMILES string of the molecule is Brc1ccc(OC2CC2)c(Br)n1. The van der Waals surface area contributed by atoms with Crippen LogP contribution in [-0.2, 0) is 0 Å². The van der Waals surface area contributed by atoms with Gasteiger partial charge in [-0.3, -0.25) is 0 Å². The molecule has 0 bridgehead atoms. The lowest BCUT2D eigenvalue weighted by Gasteiger charge is -2.05. The van der Waals surface area contributed by atoms with Gasteiger partial charge in [-0.2, -0.15) is 0 Å². The van der Waals surface area contributed by atoms with Crippen molar-refractivity contribution in [2.24, 2.45) is 0 Å². The second-order valence-electron chi connectivity index (χ2n) is 2.74. The number of nitrogens with zero attached hydrogens (tertiary/aromatic N) is 1. The van der Waals surface area contributed by atoms with E-state index in [1.54, 1.807) is 0 Å². The van der Waals surface area contributed by atoms with Crippen molar-refractivity contribution in [3.8, 4) is 5.75 Å². The van der Waals surface area contributed by atoms with Crippen LogP contribution in [0.4, 0.5) is 0 Å². The third-order valence-electron chi connectivity index (χ3n) is 1.60. The van der Waals surface area contributed by atoms with E-state index < -0.39 is 0 Å². The van der Waals surface area contributed by atoms with Crippen LogP contribution in [0.1, 0.15) is 12.8 Å². The van der Waals surface area contributed by atoms with Crippen molar-refractivity contribution in [3.05, 3.63) is 21.3 Å². The minimum atomic E-state index is 0.421. The average molecular weight is 293 g/mol. The highest BCUT2D eigenvalue weighted by molar-refractivity contribution is 9.11. The summed E-state index contributed by atoms with van der Waals surface area (Å²) in [5.41, 5.74) is 0. The number of rotatable bonds is 2. The van der Waals surface area contributed by atoms with Crippen LogP contribution < -0.4 is 4.74 Å². The maximum atomic E-state index is 5.58. The van der Waals surface area contributed by atoms with Crippen LogP contribution in [0, 0.1) is 0 Å². The van der Waals surface area contributed by atoms with E-state index in [0.29, 0.717) is 6.10 Å². The number of pyridine rings is 1. The van der Waals surface area contributed by atoms with Crippen molar-refractivity contribution in [2.75, 3.05) is 0 Å². The molecule has 1 aromatic rings. The fraction of sp³-hybridized carbons (Fsp3) is 0.375. The topological polar surface area (TPSA) is 22.1 Å². The summed E-state index contributed by atoms with van der Waals surface area (Å²) < 4.78 is 7.17. The number of hydrogen-bond donors (Lipinski definition) is 0. The molecule has 64 valence electrons. The molecule has 2 rings (SSSR count). The molecular formula is C8H7Br2NO. The van der Waals surface area contributed by atoms with E-state index in [9.17, 15) is 0 Å². The average Bonchev–Trinajstić information content (AvgIpc) is 2.79. The zero-order chi connectivity index (χ0) is 8.55. The second-order valence-corrected chi connectivity index (χ2v) is 4.30. The third kappa shape index (κ3) is 1.98. The molecule has 4 heteroatoms. The van der Waals surface area contributed by atoms with Crippen LogP contribution in [0.25, 0.3) is 0 Å². The summed E-state index contributed by atoms with van der Waals surface area (Å²) in [4.78, 5) is 4.16. The van der Waals surface area contributed by atoms with Crippen LogP contribution in [-0.4, -0.2) is 11.1 Å². The zero-order valence-corrected chi connectivity index (χ0v) is 9.43. The van der Waals surface area contributed by atoms with Gasteiger partial charge in [0.25, 0.3) is 0 Å². The lowest BCUT2D eigenvalue weighted by Crippen LogP contribution is -1.97. The van der Waals surface area contributed by atoms with Gasteiger partial charge < -0.3 is 4.74 Å². The van der Waals surface area contributed by atoms with Gasteiger partial charge in [0, 0.05) is 0 Å². The first-order valence-electron chi connectivity index (χ1n) is 3.74. The Morgan fingerprint density at radius 3 is 2.67 bits per heavy atom. The first-order chi connectivity index (χ1) is 5.75. The summed E-state index contributed by atoms with van der Waals surface area (Å²) in [5, 5.41) is 0. The van der Waals surface area contributed by atoms with E-state index in [4.69, 9.17) is 4.74 Å². The summed E-state index contributed by atoms with van der Waals surface area (Å²) in [7, 11) is 0. The van der Waals surface area contributed by atoms with Crippen LogP contribution >= 0.6 is 31.9 Å². The molecular weight excluding hydrogens is 286 g/mol. The molecule has 0 unspecified atom stereocenters. The molecule has 12 heavy (non-hydrogen) atoms. The Balaban J connectivity index is 2.18. The van der Waals surface area contributed by atoms with Crippen molar-refractivity contribution in [1.29, 1.82) is 0 Å². The molecule has 1 aromatic heterocycles. The maximum Gasteiger partial charge on any atom is 0.152 e. The molecule has 0 amide bonds. The highest BCUT2D eigenvalue weighted by atomic mass is 79.9. The number of hydrogen-bond acceptors (Lipinski definition) is 2. The maximum absolute atomic E-state index is 5.58. The standard InChI is InChI=1S/C8H7Br2NO/c9-7-4-3-6(8(10)11-7)12-5-1-2-5/h3-5H,1-2H2. The molecule has 0 N–H and O–H groups in total. The largest absolute Gasteiger partial charge is 0.488 e. The van der Waals surface area contributed by atoms with Crippen molar-refractivity contribution in [1.82, 2.24) is 4.98 Å². The summed E-state index contributed by atoms with van der Waals surface area (Å²) in [6, 6.07) is 3.79. The van der Waals surface area contributed by atoms with Crippen molar-refractivity contribution in [2.45, 2.75) is 18.9 Å². The smallest absolute Gasteiger partial charge is 0.152 e. The fourth-order valence-corrected chi connectivity index (χ4v) is 1.82. The quantitative estimate of drug-likeness (QED) is 0.781. The van der Waals surface area contributed by atoms with E-state index in [1.807, 2.05) is 12.1 Å². The summed E-state index contributed by atoms with van der Waals surface area (Å²) in [6.45, 7) is 0. The van der Waals surface area contributed by atoms with Crippen molar-refractivity contribution in [3.63, 3.8) is 0 Å². The van der Waals surface area contributed by atoms with E-state index in [-0.39, 0.29) is 0 Å². The molecule has 1 aliphatic rings. The third-order valence-corrected chi connectivity index (χ3v) is 2.61. The molecule has 0 atom stereocenters. The van der Waals surface area contributed by atoms with Gasteiger partial charge in [-0.1, -0.05) is 0 Å². The number of aromatic nitrogens is 1. The van der Waals surface area contributed by atoms with E-state index in [0.717, 1.165) is 15.0 Å². The Kier molecular flexibility index (Phi) is 2.37. The molecule has 0 aromatic carbocycles. The predicted molar refractivity (Wildman–Crippen MR) is 53.3 cm³/mol. The Morgan fingerprint density at radius 1 is 1.33 bits per heavy atom. The lowest BCUT2D eigenvalue weighted by molar-refractivity contribution is 0.299. The Labute approximate surface area is 87.6 Å². The van der Waals surface area contributed by atoms with E-state index >= 15 is 0 Å². The Hall–Kier alpha value is -0.0900. The van der Waals surface area contributed by atoms with Gasteiger partial charge in [0.1, 0.15) is 9.21 Å². The van der Waals surface area contributed by atoms with Gasteiger partial charge in [0.2, 0.25) is 0 Å².